The molecule has 2 unspecified atom stereocenters. The number of hydrogen-bond acceptors (Lipinski definition) is 6. The van der Waals surface area contributed by atoms with Gasteiger partial charge in [0.25, 0.3) is 15.9 Å². The molecule has 2 saturated heterocycles. The molecule has 11 heteroatoms. The van der Waals surface area contributed by atoms with Gasteiger partial charge in [-0.1, -0.05) is 43.3 Å². The second-order valence-corrected chi connectivity index (χ2v) is 10.9. The maximum Gasteiger partial charge on any atom is 0.344 e. The average molecular weight is 477 g/mol. The lowest BCUT2D eigenvalue weighted by Crippen LogP contribution is -2.53. The van der Waals surface area contributed by atoms with Crippen LogP contribution in [0.2, 0.25) is 0 Å². The van der Waals surface area contributed by atoms with Crippen molar-refractivity contribution < 1.29 is 22.8 Å². The summed E-state index contributed by atoms with van der Waals surface area (Å²) in [5.74, 6) is -1.80. The number of carbonyl (C=O) groups is 3. The molecule has 2 N–H and O–H groups in total. The molecule has 4 amide bonds. The predicted molar refractivity (Wildman–Crippen MR) is 118 cm³/mol. The number of nitrogens with zero attached hydrogens (tertiary/aromatic N) is 2. The van der Waals surface area contributed by atoms with Crippen LogP contribution >= 0.6 is 11.3 Å². The highest BCUT2D eigenvalue weighted by Gasteiger charge is 2.52. The molecule has 3 heterocycles. The van der Waals surface area contributed by atoms with Crippen LogP contribution in [0.15, 0.2) is 52.1 Å². The minimum Gasteiger partial charge on any atom is -0.318 e. The molecule has 4 rings (SSSR count). The summed E-state index contributed by atoms with van der Waals surface area (Å²) >= 11 is 1.12. The Kier molecular flexibility index (Phi) is 6.06. The molecule has 2 aromatic rings. The molecule has 170 valence electrons. The number of piperidine rings is 1. The van der Waals surface area contributed by atoms with Crippen molar-refractivity contribution in [3.63, 3.8) is 0 Å². The minimum absolute atomic E-state index is 0.00662. The van der Waals surface area contributed by atoms with Gasteiger partial charge in [-0.15, -0.1) is 11.3 Å². The van der Waals surface area contributed by atoms with E-state index in [1.165, 1.54) is 10.4 Å². The van der Waals surface area contributed by atoms with Gasteiger partial charge < -0.3 is 5.32 Å². The molecule has 1 aromatic heterocycles. The largest absolute Gasteiger partial charge is 0.344 e. The third-order valence-corrected chi connectivity index (χ3v) is 9.19. The lowest BCUT2D eigenvalue weighted by atomic mass is 9.87. The van der Waals surface area contributed by atoms with E-state index >= 15 is 0 Å². The lowest BCUT2D eigenvalue weighted by Gasteiger charge is -2.31. The summed E-state index contributed by atoms with van der Waals surface area (Å²) in [5.41, 5.74) is 1.80. The Morgan fingerprint density at radius 3 is 2.62 bits per heavy atom. The molecular weight excluding hydrogens is 452 g/mol. The predicted octanol–water partition coefficient (Wildman–Crippen LogP) is 2.04. The van der Waals surface area contributed by atoms with Crippen LogP contribution in [0.25, 0.3) is 0 Å². The Bertz CT molecular complexity index is 1120. The Labute approximate surface area is 190 Å². The zero-order valence-corrected chi connectivity index (χ0v) is 19.1. The van der Waals surface area contributed by atoms with Gasteiger partial charge in [0.15, 0.2) is 0 Å². The molecule has 0 saturated carbocycles. The molecule has 0 spiro atoms. The zero-order valence-electron chi connectivity index (χ0n) is 17.5. The first-order valence-corrected chi connectivity index (χ1v) is 12.7. The third-order valence-electron chi connectivity index (χ3n) is 5.95. The first-order valence-electron chi connectivity index (χ1n) is 10.4. The second-order valence-electron chi connectivity index (χ2n) is 7.81. The molecule has 1 aromatic carbocycles. The number of hydrogen-bond donors (Lipinski definition) is 2. The minimum atomic E-state index is -3.68. The Morgan fingerprint density at radius 1 is 1.22 bits per heavy atom. The van der Waals surface area contributed by atoms with Crippen LogP contribution in [0, 0.1) is 5.92 Å². The summed E-state index contributed by atoms with van der Waals surface area (Å²) < 4.78 is 27.2. The fourth-order valence-electron chi connectivity index (χ4n) is 4.15. The molecule has 32 heavy (non-hydrogen) atoms. The first kappa shape index (κ1) is 22.4. The highest BCUT2D eigenvalue weighted by Crippen LogP contribution is 2.32. The number of thiophene rings is 1. The van der Waals surface area contributed by atoms with Gasteiger partial charge in [-0.05, 0) is 36.3 Å². The van der Waals surface area contributed by atoms with E-state index in [0.29, 0.717) is 36.4 Å². The molecule has 2 fully saturated rings. The number of sulfonamides is 1. The highest BCUT2D eigenvalue weighted by molar-refractivity contribution is 7.91. The van der Waals surface area contributed by atoms with Gasteiger partial charge in [-0.25, -0.2) is 13.2 Å². The molecule has 0 bridgehead atoms. The van der Waals surface area contributed by atoms with Crippen molar-refractivity contribution in [3.8, 4) is 0 Å². The SMILES string of the molecule is CCC1(c2ccccc2)NC(=O)N(NC(=O)C2CCCN(S(=O)(=O)c3cccs3)C2)C1=O. The molecular formula is C21H24N4O5S2. The highest BCUT2D eigenvalue weighted by atomic mass is 32.2. The monoisotopic (exact) mass is 476 g/mol. The summed E-state index contributed by atoms with van der Waals surface area (Å²) in [6, 6.07) is 11.3. The van der Waals surface area contributed by atoms with Crippen LogP contribution in [-0.2, 0) is 25.2 Å². The Hall–Kier alpha value is -2.76. The standard InChI is InChI=1S/C21H24N4O5S2/c1-2-21(16-9-4-3-5-10-16)19(27)25(20(28)22-21)23-18(26)15-8-6-12-24(14-15)32(29,30)17-11-7-13-31-17/h3-5,7,9-11,13,15H,2,6,8,12,14H2,1H3,(H,22,28)(H,23,26). The topological polar surface area (TPSA) is 116 Å². The molecule has 2 aliphatic heterocycles. The van der Waals surface area contributed by atoms with E-state index in [1.807, 2.05) is 6.07 Å². The van der Waals surface area contributed by atoms with Crippen LogP contribution in [0.1, 0.15) is 31.7 Å². The number of hydrazine groups is 1. The van der Waals surface area contributed by atoms with Gasteiger partial charge >= 0.3 is 6.03 Å². The van der Waals surface area contributed by atoms with Gasteiger partial charge in [0, 0.05) is 13.1 Å². The van der Waals surface area contributed by atoms with E-state index in [4.69, 9.17) is 0 Å². The first-order chi connectivity index (χ1) is 15.3. The number of urea groups is 1. The summed E-state index contributed by atoms with van der Waals surface area (Å²) in [6.45, 7) is 2.10. The van der Waals surface area contributed by atoms with Gasteiger partial charge in [0.05, 0.1) is 5.92 Å². The lowest BCUT2D eigenvalue weighted by molar-refractivity contribution is -0.141. The van der Waals surface area contributed by atoms with Gasteiger partial charge in [-0.2, -0.15) is 9.31 Å². The maximum absolute atomic E-state index is 13.2. The summed E-state index contributed by atoms with van der Waals surface area (Å²) in [6.07, 6.45) is 1.28. The van der Waals surface area contributed by atoms with E-state index in [-0.39, 0.29) is 10.8 Å². The molecule has 9 nitrogen and oxygen atoms in total. The smallest absolute Gasteiger partial charge is 0.318 e. The van der Waals surface area contributed by atoms with Crippen molar-refractivity contribution in [2.45, 2.75) is 35.9 Å². The van der Waals surface area contributed by atoms with Crippen molar-refractivity contribution in [3.05, 3.63) is 53.4 Å². The zero-order chi connectivity index (χ0) is 22.9. The van der Waals surface area contributed by atoms with Crippen molar-refractivity contribution in [2.75, 3.05) is 13.1 Å². The van der Waals surface area contributed by atoms with Gasteiger partial charge in [0.2, 0.25) is 5.91 Å². The van der Waals surface area contributed by atoms with E-state index in [0.717, 1.165) is 11.3 Å². The molecule has 2 atom stereocenters. The number of nitrogens with one attached hydrogen (secondary N) is 2. The number of imide groups is 1. The van der Waals surface area contributed by atoms with Gasteiger partial charge in [-0.3, -0.25) is 15.0 Å². The quantitative estimate of drug-likeness (QED) is 0.619. The van der Waals surface area contributed by atoms with Crippen molar-refractivity contribution >= 4 is 39.2 Å². The number of benzene rings is 1. The van der Waals surface area contributed by atoms with Crippen LogP contribution in [0.3, 0.4) is 0 Å². The van der Waals surface area contributed by atoms with Crippen LogP contribution in [-0.4, -0.2) is 48.7 Å². The molecule has 0 aliphatic carbocycles. The second kappa shape index (κ2) is 8.64. The van der Waals surface area contributed by atoms with Crippen molar-refractivity contribution in [1.82, 2.24) is 20.1 Å². The van der Waals surface area contributed by atoms with Crippen molar-refractivity contribution in [2.24, 2.45) is 5.92 Å². The van der Waals surface area contributed by atoms with Crippen LogP contribution < -0.4 is 10.7 Å². The van der Waals surface area contributed by atoms with Crippen LogP contribution in [0.5, 0.6) is 0 Å². The average Bonchev–Trinajstić information content (AvgIpc) is 3.44. The van der Waals surface area contributed by atoms with E-state index in [2.05, 4.69) is 10.7 Å². The van der Waals surface area contributed by atoms with Gasteiger partial charge in [0.1, 0.15) is 9.75 Å². The van der Waals surface area contributed by atoms with E-state index in [1.54, 1.807) is 42.6 Å². The van der Waals surface area contributed by atoms with Crippen molar-refractivity contribution in [1.29, 1.82) is 0 Å². The number of amides is 4. The fourth-order valence-corrected chi connectivity index (χ4v) is 6.82. The van der Waals surface area contributed by atoms with E-state index in [9.17, 15) is 22.8 Å². The van der Waals surface area contributed by atoms with Crippen LogP contribution in [0.4, 0.5) is 4.79 Å². The summed E-state index contributed by atoms with van der Waals surface area (Å²) in [7, 11) is -3.68. The number of rotatable bonds is 6. The maximum atomic E-state index is 13.2. The third kappa shape index (κ3) is 3.80. The molecule has 2 aliphatic rings. The summed E-state index contributed by atoms with van der Waals surface area (Å²) in [5, 5.41) is 5.11. The summed E-state index contributed by atoms with van der Waals surface area (Å²) in [4.78, 5) is 38.7. The van der Waals surface area contributed by atoms with E-state index < -0.39 is 39.3 Å². The Balaban J connectivity index is 1.49. The molecule has 0 radical (unpaired) electrons. The number of carbonyl (C=O) groups excluding carboxylic acids is 3. The normalized spacial score (nSPS) is 24.4. The Morgan fingerprint density at radius 2 is 1.97 bits per heavy atom. The fraction of sp³-hybridized carbons (Fsp3) is 0.381.